The summed E-state index contributed by atoms with van der Waals surface area (Å²) in [7, 11) is -0.866. The van der Waals surface area contributed by atoms with Crippen LogP contribution in [0.1, 0.15) is 51.8 Å². The molecule has 0 aliphatic rings. The van der Waals surface area contributed by atoms with Gasteiger partial charge in [0, 0.05) is 28.3 Å². The van der Waals surface area contributed by atoms with Crippen molar-refractivity contribution < 1.29 is 4.21 Å². The Kier molecular flexibility index (Phi) is 5.68. The molecule has 0 aromatic carbocycles. The number of rotatable bonds is 7. The number of hydrogen-bond acceptors (Lipinski definition) is 2. The Morgan fingerprint density at radius 3 is 2.71 bits per heavy atom. The third-order valence-corrected chi connectivity index (χ3v) is 4.19. The van der Waals surface area contributed by atoms with Crippen LogP contribution in [0.5, 0.6) is 0 Å². The van der Waals surface area contributed by atoms with Gasteiger partial charge in [-0.1, -0.05) is 20.3 Å². The lowest BCUT2D eigenvalue weighted by Gasteiger charge is -2.10. The molecule has 0 spiro atoms. The van der Waals surface area contributed by atoms with Crippen molar-refractivity contribution in [1.29, 1.82) is 0 Å². The van der Waals surface area contributed by atoms with Gasteiger partial charge in [0.25, 0.3) is 5.56 Å². The minimum atomic E-state index is -0.866. The van der Waals surface area contributed by atoms with Crippen LogP contribution in [0.3, 0.4) is 0 Å². The van der Waals surface area contributed by atoms with Crippen LogP contribution < -0.4 is 5.56 Å². The van der Waals surface area contributed by atoms with Crippen LogP contribution in [0.2, 0.25) is 0 Å². The van der Waals surface area contributed by atoms with Crippen molar-refractivity contribution in [2.75, 3.05) is 5.75 Å². The molecule has 5 heteroatoms. The number of nitrogens with zero attached hydrogens (tertiary/aromatic N) is 1. The molecule has 1 N–H and O–H groups in total. The molecule has 1 aromatic rings. The molecule has 0 aliphatic carbocycles. The lowest BCUT2D eigenvalue weighted by Crippen LogP contribution is -2.19. The number of nitrogens with one attached hydrogen (secondary N) is 1. The minimum absolute atomic E-state index is 0.0190. The maximum atomic E-state index is 11.7. The Labute approximate surface area is 105 Å². The second kappa shape index (κ2) is 6.79. The molecule has 2 atom stereocenters. The van der Waals surface area contributed by atoms with Gasteiger partial charge in [-0.3, -0.25) is 18.8 Å². The van der Waals surface area contributed by atoms with E-state index in [0.29, 0.717) is 11.5 Å². The standard InChI is InChI=1S/C12H22N2O2S/c1-4-6-10(3)14-12(15)8-11(13-14)9-17(16)7-5-2/h8,10,13H,4-7,9H2,1-3H3. The average Bonchev–Trinajstić information content (AvgIpc) is 2.60. The first-order chi connectivity index (χ1) is 8.08. The van der Waals surface area contributed by atoms with Gasteiger partial charge in [0.05, 0.1) is 11.8 Å². The first kappa shape index (κ1) is 14.2. The predicted molar refractivity (Wildman–Crippen MR) is 71.7 cm³/mol. The molecule has 0 radical (unpaired) electrons. The molecule has 4 nitrogen and oxygen atoms in total. The summed E-state index contributed by atoms with van der Waals surface area (Å²) in [6.45, 7) is 6.13. The maximum Gasteiger partial charge on any atom is 0.266 e. The summed E-state index contributed by atoms with van der Waals surface area (Å²) >= 11 is 0. The topological polar surface area (TPSA) is 54.9 Å². The van der Waals surface area contributed by atoms with Crippen molar-refractivity contribution in [3.8, 4) is 0 Å². The zero-order valence-corrected chi connectivity index (χ0v) is 11.7. The van der Waals surface area contributed by atoms with E-state index in [0.717, 1.165) is 25.0 Å². The van der Waals surface area contributed by atoms with Gasteiger partial charge >= 0.3 is 0 Å². The summed E-state index contributed by atoms with van der Waals surface area (Å²) in [6.07, 6.45) is 2.92. The molecule has 2 unspecified atom stereocenters. The van der Waals surface area contributed by atoms with E-state index in [4.69, 9.17) is 0 Å². The maximum absolute atomic E-state index is 11.7. The number of hydrogen-bond donors (Lipinski definition) is 1. The Bertz CT molecular complexity index is 422. The molecule has 0 saturated heterocycles. The van der Waals surface area contributed by atoms with Gasteiger partial charge in [0.2, 0.25) is 0 Å². The molecule has 0 amide bonds. The van der Waals surface area contributed by atoms with Crippen LogP contribution >= 0.6 is 0 Å². The van der Waals surface area contributed by atoms with E-state index >= 15 is 0 Å². The average molecular weight is 258 g/mol. The van der Waals surface area contributed by atoms with E-state index in [9.17, 15) is 9.00 Å². The molecule has 17 heavy (non-hydrogen) atoms. The molecule has 0 bridgehead atoms. The van der Waals surface area contributed by atoms with Crippen molar-refractivity contribution in [3.05, 3.63) is 22.1 Å². The Hall–Kier alpha value is -0.840. The second-order valence-corrected chi connectivity index (χ2v) is 5.99. The summed E-state index contributed by atoms with van der Waals surface area (Å²) in [5, 5.41) is 3.07. The van der Waals surface area contributed by atoms with Gasteiger partial charge in [-0.05, 0) is 19.8 Å². The lowest BCUT2D eigenvalue weighted by atomic mass is 10.2. The van der Waals surface area contributed by atoms with E-state index in [1.807, 2.05) is 13.8 Å². The molecule has 0 fully saturated rings. The van der Waals surface area contributed by atoms with Gasteiger partial charge in [-0.25, -0.2) is 0 Å². The Morgan fingerprint density at radius 1 is 1.41 bits per heavy atom. The molecular formula is C12H22N2O2S. The Balaban J connectivity index is 2.74. The third-order valence-electron chi connectivity index (χ3n) is 2.69. The highest BCUT2D eigenvalue weighted by molar-refractivity contribution is 7.84. The van der Waals surface area contributed by atoms with E-state index in [-0.39, 0.29) is 11.6 Å². The van der Waals surface area contributed by atoms with Crippen molar-refractivity contribution in [2.24, 2.45) is 0 Å². The van der Waals surface area contributed by atoms with E-state index in [2.05, 4.69) is 12.0 Å². The molecule has 1 rings (SSSR count). The quantitative estimate of drug-likeness (QED) is 0.815. The van der Waals surface area contributed by atoms with Crippen LogP contribution in [0.15, 0.2) is 10.9 Å². The van der Waals surface area contributed by atoms with Crippen molar-refractivity contribution in [3.63, 3.8) is 0 Å². The summed E-state index contributed by atoms with van der Waals surface area (Å²) in [5.74, 6) is 1.15. The lowest BCUT2D eigenvalue weighted by molar-refractivity contribution is 0.441. The van der Waals surface area contributed by atoms with Gasteiger partial charge in [-0.2, -0.15) is 0 Å². The van der Waals surface area contributed by atoms with Crippen LogP contribution in [0.25, 0.3) is 0 Å². The fourth-order valence-corrected chi connectivity index (χ4v) is 2.98. The fourth-order valence-electron chi connectivity index (χ4n) is 1.88. The highest BCUT2D eigenvalue weighted by Gasteiger charge is 2.10. The van der Waals surface area contributed by atoms with E-state index < -0.39 is 10.8 Å². The minimum Gasteiger partial charge on any atom is -0.299 e. The van der Waals surface area contributed by atoms with Crippen molar-refractivity contribution >= 4 is 10.8 Å². The van der Waals surface area contributed by atoms with Crippen LogP contribution in [-0.2, 0) is 16.6 Å². The SMILES string of the molecule is CCCC(C)n1[nH]c(CS(=O)CCC)cc1=O. The molecule has 0 aliphatic heterocycles. The zero-order chi connectivity index (χ0) is 12.8. The summed E-state index contributed by atoms with van der Waals surface area (Å²) in [6, 6.07) is 1.75. The second-order valence-electron chi connectivity index (χ2n) is 4.42. The zero-order valence-electron chi connectivity index (χ0n) is 10.9. The smallest absolute Gasteiger partial charge is 0.266 e. The van der Waals surface area contributed by atoms with E-state index in [1.54, 1.807) is 10.7 Å². The van der Waals surface area contributed by atoms with Crippen LogP contribution in [0, 0.1) is 0 Å². The van der Waals surface area contributed by atoms with Gasteiger partial charge in [0.1, 0.15) is 0 Å². The van der Waals surface area contributed by atoms with Crippen LogP contribution in [0.4, 0.5) is 0 Å². The first-order valence-corrected chi connectivity index (χ1v) is 7.72. The highest BCUT2D eigenvalue weighted by Crippen LogP contribution is 2.10. The van der Waals surface area contributed by atoms with E-state index in [1.165, 1.54) is 0 Å². The van der Waals surface area contributed by atoms with Crippen molar-refractivity contribution in [2.45, 2.75) is 51.8 Å². The largest absolute Gasteiger partial charge is 0.299 e. The fraction of sp³-hybridized carbons (Fsp3) is 0.750. The molecular weight excluding hydrogens is 236 g/mol. The molecule has 98 valence electrons. The van der Waals surface area contributed by atoms with Gasteiger partial charge in [-0.15, -0.1) is 0 Å². The normalized spacial score (nSPS) is 14.8. The van der Waals surface area contributed by atoms with Gasteiger partial charge in [0.15, 0.2) is 0 Å². The summed E-state index contributed by atoms with van der Waals surface area (Å²) in [4.78, 5) is 11.7. The number of H-pyrrole nitrogens is 1. The first-order valence-electron chi connectivity index (χ1n) is 6.23. The summed E-state index contributed by atoms with van der Waals surface area (Å²) < 4.78 is 13.2. The third kappa shape index (κ3) is 4.15. The molecule has 0 saturated carbocycles. The summed E-state index contributed by atoms with van der Waals surface area (Å²) in [5.41, 5.74) is 0.763. The van der Waals surface area contributed by atoms with Crippen molar-refractivity contribution in [1.82, 2.24) is 9.78 Å². The number of aromatic amines is 1. The predicted octanol–water partition coefficient (Wildman–Crippen LogP) is 2.20. The highest BCUT2D eigenvalue weighted by atomic mass is 32.2. The van der Waals surface area contributed by atoms with Gasteiger partial charge < -0.3 is 0 Å². The van der Waals surface area contributed by atoms with Crippen LogP contribution in [-0.4, -0.2) is 19.7 Å². The molecule has 1 aromatic heterocycles. The molecule has 1 heterocycles. The Morgan fingerprint density at radius 2 is 2.12 bits per heavy atom. The monoisotopic (exact) mass is 258 g/mol. The number of aromatic nitrogens is 2.